The summed E-state index contributed by atoms with van der Waals surface area (Å²) in [5.41, 5.74) is 3.84. The second-order valence-corrected chi connectivity index (χ2v) is 8.27. The fourth-order valence-electron chi connectivity index (χ4n) is 4.22. The van der Waals surface area contributed by atoms with Gasteiger partial charge in [0.2, 0.25) is 5.91 Å². The van der Waals surface area contributed by atoms with E-state index in [1.165, 1.54) is 0 Å². The van der Waals surface area contributed by atoms with Gasteiger partial charge in [-0.3, -0.25) is 9.59 Å². The summed E-state index contributed by atoms with van der Waals surface area (Å²) in [7, 11) is 1.63. The van der Waals surface area contributed by atoms with E-state index in [2.05, 4.69) is 5.32 Å². The predicted molar refractivity (Wildman–Crippen MR) is 125 cm³/mol. The molecule has 0 unspecified atom stereocenters. The van der Waals surface area contributed by atoms with Crippen LogP contribution in [0.25, 0.3) is 0 Å². The van der Waals surface area contributed by atoms with Gasteiger partial charge < -0.3 is 15.0 Å². The van der Waals surface area contributed by atoms with E-state index in [1.807, 2.05) is 85.8 Å². The molecule has 1 fully saturated rings. The first kappa shape index (κ1) is 21.6. The van der Waals surface area contributed by atoms with Crippen LogP contribution >= 0.6 is 0 Å². The van der Waals surface area contributed by atoms with Crippen LogP contribution in [0.1, 0.15) is 33.0 Å². The maximum atomic E-state index is 13.2. The minimum absolute atomic E-state index is 0.0334. The molecular formula is C27H28N2O3. The average Bonchev–Trinajstić information content (AvgIpc) is 3.29. The quantitative estimate of drug-likeness (QED) is 0.641. The molecule has 1 saturated heterocycles. The van der Waals surface area contributed by atoms with E-state index in [1.54, 1.807) is 12.0 Å². The number of aryl methyl sites for hydroxylation is 1. The van der Waals surface area contributed by atoms with E-state index in [4.69, 9.17) is 4.74 Å². The van der Waals surface area contributed by atoms with Gasteiger partial charge >= 0.3 is 0 Å². The number of likely N-dealkylation sites (tertiary alicyclic amines) is 1. The number of carbonyl (C=O) groups is 2. The number of nitrogens with zero attached hydrogens (tertiary/aromatic N) is 1. The van der Waals surface area contributed by atoms with E-state index in [-0.39, 0.29) is 23.7 Å². The van der Waals surface area contributed by atoms with E-state index < -0.39 is 0 Å². The van der Waals surface area contributed by atoms with Gasteiger partial charge in [0.25, 0.3) is 5.91 Å². The van der Waals surface area contributed by atoms with Crippen molar-refractivity contribution in [2.24, 2.45) is 5.92 Å². The Labute approximate surface area is 189 Å². The van der Waals surface area contributed by atoms with Crippen LogP contribution < -0.4 is 10.1 Å². The molecule has 0 saturated carbocycles. The van der Waals surface area contributed by atoms with Crippen molar-refractivity contribution in [2.75, 3.05) is 20.2 Å². The number of hydrogen-bond acceptors (Lipinski definition) is 3. The highest BCUT2D eigenvalue weighted by Gasteiger charge is 2.40. The summed E-state index contributed by atoms with van der Waals surface area (Å²) >= 11 is 0. The average molecular weight is 429 g/mol. The van der Waals surface area contributed by atoms with Crippen LogP contribution in [0.15, 0.2) is 78.9 Å². The summed E-state index contributed by atoms with van der Waals surface area (Å²) in [5.74, 6) is 0.299. The molecule has 32 heavy (non-hydrogen) atoms. The Morgan fingerprint density at radius 2 is 1.62 bits per heavy atom. The Morgan fingerprint density at radius 3 is 2.28 bits per heavy atom. The standard InChI is InChI=1S/C27H28N2O3/c1-19-8-10-22(11-9-19)27(31)29-17-24(21-12-14-23(32-2)15-13-21)25(18-29)26(30)28-16-20-6-4-3-5-7-20/h3-15,24-25H,16-18H2,1-2H3,(H,28,30)/t24-,25-/m1/s1. The highest BCUT2D eigenvalue weighted by Crippen LogP contribution is 2.34. The number of rotatable bonds is 6. The SMILES string of the molecule is COc1ccc([C@H]2CN(C(=O)c3ccc(C)cc3)C[C@H]2C(=O)NCc2ccccc2)cc1. The Hall–Kier alpha value is -3.60. The highest BCUT2D eigenvalue weighted by atomic mass is 16.5. The molecule has 0 aromatic heterocycles. The van der Waals surface area contributed by atoms with Crippen molar-refractivity contribution in [3.8, 4) is 5.75 Å². The van der Waals surface area contributed by atoms with Gasteiger partial charge in [-0.15, -0.1) is 0 Å². The lowest BCUT2D eigenvalue weighted by Crippen LogP contribution is -2.35. The highest BCUT2D eigenvalue weighted by molar-refractivity contribution is 5.95. The summed E-state index contributed by atoms with van der Waals surface area (Å²) in [4.78, 5) is 28.2. The number of amides is 2. The maximum absolute atomic E-state index is 13.2. The zero-order valence-corrected chi connectivity index (χ0v) is 18.5. The lowest BCUT2D eigenvalue weighted by molar-refractivity contribution is -0.125. The van der Waals surface area contributed by atoms with Crippen molar-refractivity contribution >= 4 is 11.8 Å². The number of ether oxygens (including phenoxy) is 1. The molecule has 5 nitrogen and oxygen atoms in total. The van der Waals surface area contributed by atoms with Crippen LogP contribution in [-0.2, 0) is 11.3 Å². The first-order valence-electron chi connectivity index (χ1n) is 10.9. The molecule has 0 bridgehead atoms. The molecule has 2 atom stereocenters. The summed E-state index contributed by atoms with van der Waals surface area (Å²) in [6.07, 6.45) is 0. The van der Waals surface area contributed by atoms with Crippen LogP contribution in [0.3, 0.4) is 0 Å². The summed E-state index contributed by atoms with van der Waals surface area (Å²) in [5, 5.41) is 3.07. The number of hydrogen-bond donors (Lipinski definition) is 1. The molecule has 4 rings (SSSR count). The largest absolute Gasteiger partial charge is 0.497 e. The fourth-order valence-corrected chi connectivity index (χ4v) is 4.22. The van der Waals surface area contributed by atoms with Crippen molar-refractivity contribution in [3.05, 3.63) is 101 Å². The van der Waals surface area contributed by atoms with Crippen molar-refractivity contribution in [1.29, 1.82) is 0 Å². The van der Waals surface area contributed by atoms with Crippen LogP contribution in [0.5, 0.6) is 5.75 Å². The van der Waals surface area contributed by atoms with E-state index in [9.17, 15) is 9.59 Å². The first-order chi connectivity index (χ1) is 15.5. The van der Waals surface area contributed by atoms with Gasteiger partial charge in [-0.2, -0.15) is 0 Å². The predicted octanol–water partition coefficient (Wildman–Crippen LogP) is 4.18. The number of carbonyl (C=O) groups excluding carboxylic acids is 2. The molecule has 0 radical (unpaired) electrons. The van der Waals surface area contributed by atoms with Crippen LogP contribution in [-0.4, -0.2) is 36.9 Å². The molecule has 0 spiro atoms. The number of nitrogens with one attached hydrogen (secondary N) is 1. The second-order valence-electron chi connectivity index (χ2n) is 8.27. The number of benzene rings is 3. The second kappa shape index (κ2) is 9.69. The van der Waals surface area contributed by atoms with E-state index >= 15 is 0 Å². The Bertz CT molecular complexity index is 1060. The zero-order valence-electron chi connectivity index (χ0n) is 18.5. The van der Waals surface area contributed by atoms with Gasteiger partial charge in [0, 0.05) is 31.1 Å². The topological polar surface area (TPSA) is 58.6 Å². The normalized spacial score (nSPS) is 17.8. The molecular weight excluding hydrogens is 400 g/mol. The van der Waals surface area contributed by atoms with Crippen molar-refractivity contribution in [1.82, 2.24) is 10.2 Å². The molecule has 1 heterocycles. The molecule has 3 aromatic carbocycles. The monoisotopic (exact) mass is 428 g/mol. The summed E-state index contributed by atoms with van der Waals surface area (Å²) in [6.45, 7) is 3.36. The molecule has 164 valence electrons. The molecule has 0 aliphatic carbocycles. The lowest BCUT2D eigenvalue weighted by atomic mass is 9.88. The van der Waals surface area contributed by atoms with Gasteiger partial charge in [-0.05, 0) is 42.3 Å². The van der Waals surface area contributed by atoms with Gasteiger partial charge in [0.15, 0.2) is 0 Å². The third-order valence-electron chi connectivity index (χ3n) is 6.10. The van der Waals surface area contributed by atoms with Gasteiger partial charge in [0.1, 0.15) is 5.75 Å². The van der Waals surface area contributed by atoms with Gasteiger partial charge in [-0.1, -0.05) is 60.2 Å². The molecule has 3 aromatic rings. The van der Waals surface area contributed by atoms with Gasteiger partial charge in [0.05, 0.1) is 13.0 Å². The Balaban J connectivity index is 1.54. The minimum Gasteiger partial charge on any atom is -0.497 e. The smallest absolute Gasteiger partial charge is 0.253 e. The Kier molecular flexibility index (Phi) is 6.55. The van der Waals surface area contributed by atoms with Crippen LogP contribution in [0.4, 0.5) is 0 Å². The summed E-state index contributed by atoms with van der Waals surface area (Å²) < 4.78 is 5.28. The first-order valence-corrected chi connectivity index (χ1v) is 10.9. The number of methoxy groups -OCH3 is 1. The fraction of sp³-hybridized carbons (Fsp3) is 0.259. The zero-order chi connectivity index (χ0) is 22.5. The van der Waals surface area contributed by atoms with Crippen molar-refractivity contribution in [3.63, 3.8) is 0 Å². The summed E-state index contributed by atoms with van der Waals surface area (Å²) in [6, 6.07) is 25.2. The molecule has 5 heteroatoms. The molecule has 1 aliphatic heterocycles. The van der Waals surface area contributed by atoms with Gasteiger partial charge in [-0.25, -0.2) is 0 Å². The maximum Gasteiger partial charge on any atom is 0.253 e. The lowest BCUT2D eigenvalue weighted by Gasteiger charge is -2.18. The molecule has 1 N–H and O–H groups in total. The molecule has 2 amide bonds. The van der Waals surface area contributed by atoms with Crippen molar-refractivity contribution in [2.45, 2.75) is 19.4 Å². The van der Waals surface area contributed by atoms with E-state index in [0.717, 1.165) is 22.4 Å². The van der Waals surface area contributed by atoms with Crippen LogP contribution in [0, 0.1) is 12.8 Å². The van der Waals surface area contributed by atoms with E-state index in [0.29, 0.717) is 25.2 Å². The third kappa shape index (κ3) is 4.83. The van der Waals surface area contributed by atoms with Crippen molar-refractivity contribution < 1.29 is 14.3 Å². The minimum atomic E-state index is -0.318. The Morgan fingerprint density at radius 1 is 0.938 bits per heavy atom. The molecule has 1 aliphatic rings. The third-order valence-corrected chi connectivity index (χ3v) is 6.10. The van der Waals surface area contributed by atoms with Crippen LogP contribution in [0.2, 0.25) is 0 Å².